The number of amides is 1. The fourth-order valence-corrected chi connectivity index (χ4v) is 2.36. The number of carbonyl (C=O) groups is 1. The highest BCUT2D eigenvalue weighted by molar-refractivity contribution is 8.13. The molecule has 0 fully saturated rings. The molecule has 20 heavy (non-hydrogen) atoms. The summed E-state index contributed by atoms with van der Waals surface area (Å²) in [7, 11) is 1.45. The van der Waals surface area contributed by atoms with Crippen LogP contribution in [0.1, 0.15) is 16.1 Å². The lowest BCUT2D eigenvalue weighted by Crippen LogP contribution is -2.12. The number of aryl methyl sites for hydroxylation is 1. The number of aromatic nitrogens is 1. The Labute approximate surface area is 121 Å². The molecule has 7 heteroatoms. The van der Waals surface area contributed by atoms with Gasteiger partial charge < -0.3 is 5.32 Å². The zero-order valence-corrected chi connectivity index (χ0v) is 12.1. The lowest BCUT2D eigenvalue weighted by molar-refractivity contribution is 0.102. The SMILES string of the molecule is Cc1cc(C(=O)Nc2ccc(S(=O)(=O)Cl)cc2)ccn1. The van der Waals surface area contributed by atoms with Gasteiger partial charge in [0.1, 0.15) is 0 Å². The van der Waals surface area contributed by atoms with Gasteiger partial charge in [-0.1, -0.05) is 0 Å². The van der Waals surface area contributed by atoms with Crippen molar-refractivity contribution in [3.63, 3.8) is 0 Å². The van der Waals surface area contributed by atoms with E-state index in [0.717, 1.165) is 5.69 Å². The van der Waals surface area contributed by atoms with Gasteiger partial charge in [-0.2, -0.15) is 0 Å². The van der Waals surface area contributed by atoms with Crippen LogP contribution in [-0.2, 0) is 9.05 Å². The van der Waals surface area contributed by atoms with Crippen LogP contribution in [0.25, 0.3) is 0 Å². The van der Waals surface area contributed by atoms with E-state index in [2.05, 4.69) is 10.3 Å². The molecule has 0 aliphatic carbocycles. The average Bonchev–Trinajstić information content (AvgIpc) is 2.38. The Morgan fingerprint density at radius 1 is 1.20 bits per heavy atom. The number of rotatable bonds is 3. The Morgan fingerprint density at radius 2 is 1.85 bits per heavy atom. The molecule has 0 unspecified atom stereocenters. The normalized spacial score (nSPS) is 11.1. The van der Waals surface area contributed by atoms with Crippen molar-refractivity contribution in [1.29, 1.82) is 0 Å². The first-order valence-corrected chi connectivity index (χ1v) is 7.96. The van der Waals surface area contributed by atoms with Crippen LogP contribution in [0.3, 0.4) is 0 Å². The monoisotopic (exact) mass is 310 g/mol. The molecule has 0 saturated carbocycles. The summed E-state index contributed by atoms with van der Waals surface area (Å²) < 4.78 is 22.2. The van der Waals surface area contributed by atoms with E-state index in [9.17, 15) is 13.2 Å². The van der Waals surface area contributed by atoms with Crippen molar-refractivity contribution in [2.24, 2.45) is 0 Å². The molecule has 1 heterocycles. The molecule has 0 bridgehead atoms. The number of anilines is 1. The standard InChI is InChI=1S/C13H11ClN2O3S/c1-9-8-10(6-7-15-9)13(17)16-11-2-4-12(5-3-11)20(14,18)19/h2-8H,1H3,(H,16,17). The highest BCUT2D eigenvalue weighted by atomic mass is 35.7. The number of carbonyl (C=O) groups excluding carboxylic acids is 1. The van der Waals surface area contributed by atoms with E-state index in [0.29, 0.717) is 11.3 Å². The molecule has 0 aliphatic heterocycles. The number of hydrogen-bond acceptors (Lipinski definition) is 4. The van der Waals surface area contributed by atoms with Crippen molar-refractivity contribution in [1.82, 2.24) is 4.98 Å². The largest absolute Gasteiger partial charge is 0.322 e. The zero-order chi connectivity index (χ0) is 14.8. The summed E-state index contributed by atoms with van der Waals surface area (Å²) in [6.07, 6.45) is 1.55. The maximum atomic E-state index is 12.0. The number of nitrogens with one attached hydrogen (secondary N) is 1. The molecular weight excluding hydrogens is 300 g/mol. The Hall–Kier alpha value is -1.92. The van der Waals surface area contributed by atoms with E-state index in [1.165, 1.54) is 24.3 Å². The summed E-state index contributed by atoms with van der Waals surface area (Å²) >= 11 is 0. The van der Waals surface area contributed by atoms with Crippen molar-refractivity contribution in [3.8, 4) is 0 Å². The fraction of sp³-hybridized carbons (Fsp3) is 0.0769. The minimum Gasteiger partial charge on any atom is -0.322 e. The van der Waals surface area contributed by atoms with E-state index in [-0.39, 0.29) is 10.8 Å². The third-order valence-corrected chi connectivity index (χ3v) is 3.92. The molecule has 0 spiro atoms. The number of nitrogens with zero attached hydrogens (tertiary/aromatic N) is 1. The van der Waals surface area contributed by atoms with Gasteiger partial charge in [-0.25, -0.2) is 8.42 Å². The molecule has 2 rings (SSSR count). The summed E-state index contributed by atoms with van der Waals surface area (Å²) in [5.41, 5.74) is 1.70. The molecule has 1 aromatic carbocycles. The predicted molar refractivity (Wildman–Crippen MR) is 76.4 cm³/mol. The molecule has 1 N–H and O–H groups in total. The van der Waals surface area contributed by atoms with Crippen LogP contribution in [-0.4, -0.2) is 19.3 Å². The predicted octanol–water partition coefficient (Wildman–Crippen LogP) is 2.57. The third kappa shape index (κ3) is 3.55. The van der Waals surface area contributed by atoms with Crippen molar-refractivity contribution in [2.45, 2.75) is 11.8 Å². The summed E-state index contributed by atoms with van der Waals surface area (Å²) in [6.45, 7) is 1.79. The van der Waals surface area contributed by atoms with Crippen LogP contribution in [0.4, 0.5) is 5.69 Å². The molecule has 5 nitrogen and oxygen atoms in total. The van der Waals surface area contributed by atoms with Gasteiger partial charge in [0.2, 0.25) is 0 Å². The first-order valence-electron chi connectivity index (χ1n) is 5.65. The van der Waals surface area contributed by atoms with Crippen molar-refractivity contribution < 1.29 is 13.2 Å². The van der Waals surface area contributed by atoms with Gasteiger partial charge in [0.25, 0.3) is 15.0 Å². The Bertz CT molecular complexity index is 742. The minimum absolute atomic E-state index is 0.0167. The van der Waals surface area contributed by atoms with E-state index in [1.807, 2.05) is 0 Å². The molecule has 0 aliphatic rings. The first-order chi connectivity index (χ1) is 9.36. The summed E-state index contributed by atoms with van der Waals surface area (Å²) in [4.78, 5) is 16.0. The summed E-state index contributed by atoms with van der Waals surface area (Å²) in [5, 5.41) is 2.66. The highest BCUT2D eigenvalue weighted by Gasteiger charge is 2.10. The maximum Gasteiger partial charge on any atom is 0.261 e. The lowest BCUT2D eigenvalue weighted by Gasteiger charge is -2.06. The highest BCUT2D eigenvalue weighted by Crippen LogP contribution is 2.18. The second-order valence-electron chi connectivity index (χ2n) is 4.10. The minimum atomic E-state index is -3.75. The van der Waals surface area contributed by atoms with Gasteiger partial charge in [-0.05, 0) is 43.3 Å². The van der Waals surface area contributed by atoms with Crippen LogP contribution < -0.4 is 5.32 Å². The Balaban J connectivity index is 2.16. The van der Waals surface area contributed by atoms with Gasteiger partial charge >= 0.3 is 0 Å². The summed E-state index contributed by atoms with van der Waals surface area (Å²) in [6, 6.07) is 8.86. The van der Waals surface area contributed by atoms with Crippen LogP contribution in [0.2, 0.25) is 0 Å². The van der Waals surface area contributed by atoms with Crippen molar-refractivity contribution in [3.05, 3.63) is 53.9 Å². The average molecular weight is 311 g/mol. The molecule has 2 aromatic rings. The second-order valence-corrected chi connectivity index (χ2v) is 6.67. The van der Waals surface area contributed by atoms with Gasteiger partial charge in [0.15, 0.2) is 0 Å². The van der Waals surface area contributed by atoms with Crippen LogP contribution in [0, 0.1) is 6.92 Å². The molecule has 1 amide bonds. The number of halogens is 1. The van der Waals surface area contributed by atoms with E-state index < -0.39 is 9.05 Å². The van der Waals surface area contributed by atoms with Crippen LogP contribution in [0.5, 0.6) is 0 Å². The third-order valence-electron chi connectivity index (χ3n) is 2.55. The zero-order valence-electron chi connectivity index (χ0n) is 10.5. The molecule has 1 aromatic heterocycles. The molecule has 0 saturated heterocycles. The topological polar surface area (TPSA) is 76.1 Å². The Kier molecular flexibility index (Phi) is 4.06. The first kappa shape index (κ1) is 14.5. The summed E-state index contributed by atoms with van der Waals surface area (Å²) in [5.74, 6) is -0.294. The maximum absolute atomic E-state index is 12.0. The second kappa shape index (κ2) is 5.60. The number of pyridine rings is 1. The van der Waals surface area contributed by atoms with Crippen molar-refractivity contribution in [2.75, 3.05) is 5.32 Å². The molecule has 0 radical (unpaired) electrons. The molecule has 0 atom stereocenters. The molecule has 104 valence electrons. The van der Waals surface area contributed by atoms with Gasteiger partial charge in [-0.15, -0.1) is 0 Å². The van der Waals surface area contributed by atoms with E-state index >= 15 is 0 Å². The van der Waals surface area contributed by atoms with E-state index in [1.54, 1.807) is 25.3 Å². The number of benzene rings is 1. The van der Waals surface area contributed by atoms with Crippen LogP contribution in [0.15, 0.2) is 47.5 Å². The van der Waals surface area contributed by atoms with Gasteiger partial charge in [0, 0.05) is 33.8 Å². The van der Waals surface area contributed by atoms with Gasteiger partial charge in [-0.3, -0.25) is 9.78 Å². The molecular formula is C13H11ClN2O3S. The van der Waals surface area contributed by atoms with Crippen LogP contribution >= 0.6 is 10.7 Å². The van der Waals surface area contributed by atoms with E-state index in [4.69, 9.17) is 10.7 Å². The Morgan fingerprint density at radius 3 is 2.40 bits per heavy atom. The number of hydrogen-bond donors (Lipinski definition) is 1. The lowest BCUT2D eigenvalue weighted by atomic mass is 10.2. The van der Waals surface area contributed by atoms with Gasteiger partial charge in [0.05, 0.1) is 4.90 Å². The quantitative estimate of drug-likeness (QED) is 0.884. The fourth-order valence-electron chi connectivity index (χ4n) is 1.59. The smallest absolute Gasteiger partial charge is 0.261 e. The van der Waals surface area contributed by atoms with Crippen molar-refractivity contribution >= 4 is 31.3 Å².